The maximum atomic E-state index is 12.4. The van der Waals surface area contributed by atoms with Crippen LogP contribution < -0.4 is 16.0 Å². The molecule has 0 aliphatic carbocycles. The molecular formula is C22H27N3O2S. The number of hydrogen-bond acceptors (Lipinski definition) is 4. The molecule has 1 unspecified atom stereocenters. The summed E-state index contributed by atoms with van der Waals surface area (Å²) in [5.74, 6) is 2.01. The van der Waals surface area contributed by atoms with Crippen LogP contribution in [0.2, 0.25) is 0 Å². The van der Waals surface area contributed by atoms with Crippen LogP contribution in [0.1, 0.15) is 33.5 Å². The Morgan fingerprint density at radius 2 is 1.86 bits per heavy atom. The zero-order chi connectivity index (χ0) is 19.8. The Morgan fingerprint density at radius 1 is 1.07 bits per heavy atom. The number of nitrogens with one attached hydrogen (secondary N) is 3. The Balaban J connectivity index is 1.47. The molecule has 3 rings (SSSR count). The molecule has 1 aliphatic heterocycles. The fourth-order valence-corrected chi connectivity index (χ4v) is 4.01. The second-order valence-electron chi connectivity index (χ2n) is 7.08. The molecule has 28 heavy (non-hydrogen) atoms. The average Bonchev–Trinajstić information content (AvgIpc) is 2.72. The van der Waals surface area contributed by atoms with Crippen LogP contribution in [-0.4, -0.2) is 35.9 Å². The van der Waals surface area contributed by atoms with E-state index in [1.807, 2.05) is 61.2 Å². The number of carbonyl (C=O) groups is 2. The average molecular weight is 398 g/mol. The van der Waals surface area contributed by atoms with E-state index in [0.717, 1.165) is 29.2 Å². The highest BCUT2D eigenvalue weighted by Crippen LogP contribution is 2.11. The van der Waals surface area contributed by atoms with Crippen LogP contribution >= 0.6 is 11.8 Å². The smallest absolute Gasteiger partial charge is 0.251 e. The molecule has 148 valence electrons. The van der Waals surface area contributed by atoms with Gasteiger partial charge in [0.25, 0.3) is 5.91 Å². The molecule has 2 aromatic carbocycles. The van der Waals surface area contributed by atoms with Crippen LogP contribution in [-0.2, 0) is 17.9 Å². The summed E-state index contributed by atoms with van der Waals surface area (Å²) in [5.41, 5.74) is 3.78. The molecule has 1 aliphatic rings. The van der Waals surface area contributed by atoms with Crippen LogP contribution in [0.3, 0.4) is 0 Å². The third kappa shape index (κ3) is 6.39. The predicted octanol–water partition coefficient (Wildman–Crippen LogP) is 2.64. The van der Waals surface area contributed by atoms with E-state index in [2.05, 4.69) is 16.0 Å². The Morgan fingerprint density at radius 3 is 2.61 bits per heavy atom. The highest BCUT2D eigenvalue weighted by atomic mass is 32.2. The van der Waals surface area contributed by atoms with Gasteiger partial charge in [0.1, 0.15) is 0 Å². The zero-order valence-corrected chi connectivity index (χ0v) is 17.0. The standard InChI is InChI=1S/C22H27N3O2S/c1-16-5-7-17(8-6-16)13-25-22(27)19-4-2-3-18(11-19)14-24-21(26)12-20-15-28-10-9-23-20/h2-8,11,20,23H,9-10,12-15H2,1H3,(H,24,26)(H,25,27). The first kappa shape index (κ1) is 20.4. The van der Waals surface area contributed by atoms with Crippen LogP contribution in [0.5, 0.6) is 0 Å². The second-order valence-corrected chi connectivity index (χ2v) is 8.23. The number of aryl methyl sites for hydroxylation is 1. The number of benzene rings is 2. The number of thioether (sulfide) groups is 1. The van der Waals surface area contributed by atoms with E-state index in [-0.39, 0.29) is 17.9 Å². The molecule has 1 atom stereocenters. The van der Waals surface area contributed by atoms with Gasteiger partial charge in [0.2, 0.25) is 5.91 Å². The topological polar surface area (TPSA) is 70.2 Å². The van der Waals surface area contributed by atoms with E-state index in [0.29, 0.717) is 25.1 Å². The highest BCUT2D eigenvalue weighted by Gasteiger charge is 2.16. The summed E-state index contributed by atoms with van der Waals surface area (Å²) in [6, 6.07) is 15.7. The second kappa shape index (κ2) is 10.3. The van der Waals surface area contributed by atoms with E-state index >= 15 is 0 Å². The van der Waals surface area contributed by atoms with E-state index in [4.69, 9.17) is 0 Å². The number of amides is 2. The Hall–Kier alpha value is -2.31. The summed E-state index contributed by atoms with van der Waals surface area (Å²) >= 11 is 1.88. The fraction of sp³-hybridized carbons (Fsp3) is 0.364. The van der Waals surface area contributed by atoms with Crippen molar-refractivity contribution in [3.8, 4) is 0 Å². The minimum absolute atomic E-state index is 0.0363. The fourth-order valence-electron chi connectivity index (χ4n) is 3.06. The first-order valence-electron chi connectivity index (χ1n) is 9.60. The van der Waals surface area contributed by atoms with Crippen molar-refractivity contribution in [3.63, 3.8) is 0 Å². The molecule has 0 bridgehead atoms. The summed E-state index contributed by atoms with van der Waals surface area (Å²) in [7, 11) is 0. The Kier molecular flexibility index (Phi) is 7.51. The van der Waals surface area contributed by atoms with Gasteiger partial charge in [-0.3, -0.25) is 9.59 Å². The van der Waals surface area contributed by atoms with E-state index in [1.54, 1.807) is 6.07 Å². The lowest BCUT2D eigenvalue weighted by molar-refractivity contribution is -0.121. The molecule has 6 heteroatoms. The van der Waals surface area contributed by atoms with Crippen molar-refractivity contribution in [2.24, 2.45) is 0 Å². The van der Waals surface area contributed by atoms with E-state index in [1.165, 1.54) is 5.56 Å². The Labute approximate surface area is 170 Å². The third-order valence-corrected chi connectivity index (χ3v) is 5.81. The van der Waals surface area contributed by atoms with Crippen molar-refractivity contribution < 1.29 is 9.59 Å². The van der Waals surface area contributed by atoms with Gasteiger partial charge in [-0.25, -0.2) is 0 Å². The number of rotatable bonds is 7. The molecule has 0 radical (unpaired) electrons. The van der Waals surface area contributed by atoms with Gasteiger partial charge in [0.05, 0.1) is 0 Å². The summed E-state index contributed by atoms with van der Waals surface area (Å²) in [5, 5.41) is 9.27. The number of hydrogen-bond donors (Lipinski definition) is 3. The Bertz CT molecular complexity index is 802. The first-order valence-corrected chi connectivity index (χ1v) is 10.8. The molecule has 2 aromatic rings. The molecule has 1 heterocycles. The van der Waals surface area contributed by atoms with Crippen molar-refractivity contribution in [2.75, 3.05) is 18.1 Å². The summed E-state index contributed by atoms with van der Waals surface area (Å²) < 4.78 is 0. The van der Waals surface area contributed by atoms with E-state index < -0.39 is 0 Å². The SMILES string of the molecule is Cc1ccc(CNC(=O)c2cccc(CNC(=O)CC3CSCCN3)c2)cc1. The van der Waals surface area contributed by atoms with Crippen molar-refractivity contribution in [1.82, 2.24) is 16.0 Å². The highest BCUT2D eigenvalue weighted by molar-refractivity contribution is 7.99. The third-order valence-electron chi connectivity index (χ3n) is 4.68. The lowest BCUT2D eigenvalue weighted by Crippen LogP contribution is -2.41. The zero-order valence-electron chi connectivity index (χ0n) is 16.2. The first-order chi connectivity index (χ1) is 13.6. The molecule has 0 aromatic heterocycles. The van der Waals surface area contributed by atoms with Gasteiger partial charge in [-0.05, 0) is 30.2 Å². The quantitative estimate of drug-likeness (QED) is 0.672. The molecule has 0 spiro atoms. The van der Waals surface area contributed by atoms with Gasteiger partial charge in [0, 0.05) is 49.2 Å². The van der Waals surface area contributed by atoms with Gasteiger partial charge in [-0.2, -0.15) is 11.8 Å². The largest absolute Gasteiger partial charge is 0.352 e. The van der Waals surface area contributed by atoms with Crippen LogP contribution in [0, 0.1) is 6.92 Å². The van der Waals surface area contributed by atoms with Crippen molar-refractivity contribution in [1.29, 1.82) is 0 Å². The van der Waals surface area contributed by atoms with Gasteiger partial charge < -0.3 is 16.0 Å². The molecule has 1 saturated heterocycles. The van der Waals surface area contributed by atoms with Gasteiger partial charge >= 0.3 is 0 Å². The summed E-state index contributed by atoms with van der Waals surface area (Å²) in [6.45, 7) is 3.92. The predicted molar refractivity (Wildman–Crippen MR) is 114 cm³/mol. The molecule has 2 amide bonds. The van der Waals surface area contributed by atoms with E-state index in [9.17, 15) is 9.59 Å². The summed E-state index contributed by atoms with van der Waals surface area (Å²) in [6.07, 6.45) is 0.490. The van der Waals surface area contributed by atoms with Crippen molar-refractivity contribution in [3.05, 3.63) is 70.8 Å². The molecule has 5 nitrogen and oxygen atoms in total. The van der Waals surface area contributed by atoms with Crippen LogP contribution in [0.15, 0.2) is 48.5 Å². The molecule has 0 saturated carbocycles. The van der Waals surface area contributed by atoms with Gasteiger partial charge in [-0.1, -0.05) is 42.0 Å². The molecule has 1 fully saturated rings. The monoisotopic (exact) mass is 397 g/mol. The maximum Gasteiger partial charge on any atom is 0.251 e. The lowest BCUT2D eigenvalue weighted by Gasteiger charge is -2.22. The minimum atomic E-state index is -0.114. The van der Waals surface area contributed by atoms with Gasteiger partial charge in [-0.15, -0.1) is 0 Å². The van der Waals surface area contributed by atoms with Crippen molar-refractivity contribution in [2.45, 2.75) is 32.5 Å². The number of carbonyl (C=O) groups excluding carboxylic acids is 2. The van der Waals surface area contributed by atoms with Gasteiger partial charge in [0.15, 0.2) is 0 Å². The van der Waals surface area contributed by atoms with Crippen LogP contribution in [0.4, 0.5) is 0 Å². The molecule has 3 N–H and O–H groups in total. The van der Waals surface area contributed by atoms with Crippen molar-refractivity contribution >= 4 is 23.6 Å². The minimum Gasteiger partial charge on any atom is -0.352 e. The summed E-state index contributed by atoms with van der Waals surface area (Å²) in [4.78, 5) is 24.6. The maximum absolute atomic E-state index is 12.4. The molecular weight excluding hydrogens is 370 g/mol. The van der Waals surface area contributed by atoms with Crippen LogP contribution in [0.25, 0.3) is 0 Å². The normalized spacial score (nSPS) is 16.4. The lowest BCUT2D eigenvalue weighted by atomic mass is 10.1.